The summed E-state index contributed by atoms with van der Waals surface area (Å²) in [4.78, 5) is 17.0. The summed E-state index contributed by atoms with van der Waals surface area (Å²) in [6.07, 6.45) is 2.27. The van der Waals surface area contributed by atoms with Crippen LogP contribution >= 0.6 is 0 Å². The zero-order valence-electron chi connectivity index (χ0n) is 11.5. The molecule has 0 radical (unpaired) electrons. The Morgan fingerprint density at radius 2 is 2.40 bits per heavy atom. The third-order valence-electron chi connectivity index (χ3n) is 3.63. The number of anilines is 2. The molecule has 0 amide bonds. The summed E-state index contributed by atoms with van der Waals surface area (Å²) in [5, 5.41) is 14.1. The molecule has 1 fully saturated rings. The monoisotopic (exact) mass is 280 g/mol. The number of likely N-dealkylation sites (tertiary alicyclic amines) is 1. The van der Waals surface area contributed by atoms with E-state index in [-0.39, 0.29) is 11.5 Å². The average Bonchev–Trinajstić information content (AvgIpc) is 2.91. The predicted molar refractivity (Wildman–Crippen MR) is 77.5 cm³/mol. The number of pyridine rings is 1. The van der Waals surface area contributed by atoms with E-state index in [4.69, 9.17) is 5.84 Å². The molecule has 0 saturated carbocycles. The maximum atomic E-state index is 11.0. The van der Waals surface area contributed by atoms with Crippen LogP contribution in [0.1, 0.15) is 19.8 Å². The molecule has 110 valence electrons. The van der Waals surface area contributed by atoms with Gasteiger partial charge in [-0.25, -0.2) is 10.8 Å². The quantitative estimate of drug-likeness (QED) is 0.407. The molecule has 0 aliphatic carbocycles. The first-order chi connectivity index (χ1) is 9.65. The normalized spacial score (nSPS) is 19.0. The van der Waals surface area contributed by atoms with Crippen LogP contribution in [0.5, 0.6) is 0 Å². The van der Waals surface area contributed by atoms with Gasteiger partial charge < -0.3 is 10.7 Å². The van der Waals surface area contributed by atoms with E-state index in [1.165, 1.54) is 18.6 Å². The van der Waals surface area contributed by atoms with E-state index in [9.17, 15) is 10.1 Å². The molecule has 1 aliphatic heterocycles. The number of likely N-dealkylation sites (N-methyl/N-ethyl adjacent to an activating group) is 1. The SMILES string of the molecule is CCN1CCCC1CNc1nc(NN)ccc1[N+](=O)[O-]. The second-order valence-corrected chi connectivity index (χ2v) is 4.77. The summed E-state index contributed by atoms with van der Waals surface area (Å²) < 4.78 is 0. The first-order valence-corrected chi connectivity index (χ1v) is 6.75. The van der Waals surface area contributed by atoms with E-state index >= 15 is 0 Å². The number of hydrogen-bond acceptors (Lipinski definition) is 7. The van der Waals surface area contributed by atoms with Gasteiger partial charge in [0.15, 0.2) is 0 Å². The Morgan fingerprint density at radius 1 is 1.60 bits per heavy atom. The van der Waals surface area contributed by atoms with Crippen molar-refractivity contribution in [2.75, 3.05) is 30.4 Å². The fraction of sp³-hybridized carbons (Fsp3) is 0.583. The van der Waals surface area contributed by atoms with Gasteiger partial charge >= 0.3 is 5.69 Å². The van der Waals surface area contributed by atoms with Crippen molar-refractivity contribution in [1.82, 2.24) is 9.88 Å². The Kier molecular flexibility index (Phi) is 4.70. The Labute approximate surface area is 117 Å². The van der Waals surface area contributed by atoms with Gasteiger partial charge in [-0.3, -0.25) is 15.0 Å². The third-order valence-corrected chi connectivity index (χ3v) is 3.63. The summed E-state index contributed by atoms with van der Waals surface area (Å²) in [5.41, 5.74) is 2.36. The molecule has 1 aromatic heterocycles. The summed E-state index contributed by atoms with van der Waals surface area (Å²) in [6, 6.07) is 3.28. The van der Waals surface area contributed by atoms with Crippen molar-refractivity contribution < 1.29 is 4.92 Å². The van der Waals surface area contributed by atoms with Gasteiger partial charge in [0.25, 0.3) is 0 Å². The molecule has 1 aliphatic rings. The van der Waals surface area contributed by atoms with E-state index in [1.807, 2.05) is 0 Å². The van der Waals surface area contributed by atoms with E-state index < -0.39 is 4.92 Å². The van der Waals surface area contributed by atoms with Crippen LogP contribution in [0.15, 0.2) is 12.1 Å². The Balaban J connectivity index is 2.09. The zero-order valence-corrected chi connectivity index (χ0v) is 11.5. The van der Waals surface area contributed by atoms with Crippen LogP contribution < -0.4 is 16.6 Å². The summed E-state index contributed by atoms with van der Waals surface area (Å²) >= 11 is 0. The molecular weight excluding hydrogens is 260 g/mol. The van der Waals surface area contributed by atoms with E-state index in [0.717, 1.165) is 19.5 Å². The van der Waals surface area contributed by atoms with Gasteiger partial charge in [-0.15, -0.1) is 0 Å². The smallest absolute Gasteiger partial charge is 0.311 e. The summed E-state index contributed by atoms with van der Waals surface area (Å²) in [7, 11) is 0. The molecular formula is C12H20N6O2. The fourth-order valence-electron chi connectivity index (χ4n) is 2.57. The maximum Gasteiger partial charge on any atom is 0.311 e. The summed E-state index contributed by atoms with van der Waals surface area (Å²) in [5.74, 6) is 5.95. The van der Waals surface area contributed by atoms with Crippen molar-refractivity contribution >= 4 is 17.3 Å². The fourth-order valence-corrected chi connectivity index (χ4v) is 2.57. The maximum absolute atomic E-state index is 11.0. The number of nitrogens with one attached hydrogen (secondary N) is 2. The molecule has 8 nitrogen and oxygen atoms in total. The minimum Gasteiger partial charge on any atom is -0.363 e. The molecule has 8 heteroatoms. The van der Waals surface area contributed by atoms with Crippen LogP contribution in [0.4, 0.5) is 17.3 Å². The van der Waals surface area contributed by atoms with Crippen LogP contribution in [0.3, 0.4) is 0 Å². The molecule has 1 aromatic rings. The predicted octanol–water partition coefficient (Wildman–Crippen LogP) is 1.17. The minimum absolute atomic E-state index is 0.0370. The largest absolute Gasteiger partial charge is 0.363 e. The van der Waals surface area contributed by atoms with Crippen LogP contribution in [0.25, 0.3) is 0 Å². The first kappa shape index (κ1) is 14.5. The lowest BCUT2D eigenvalue weighted by Crippen LogP contribution is -2.34. The van der Waals surface area contributed by atoms with Gasteiger partial charge in [-0.05, 0) is 32.0 Å². The number of hydrogen-bond donors (Lipinski definition) is 3. The molecule has 1 saturated heterocycles. The molecule has 2 rings (SSSR count). The van der Waals surface area contributed by atoms with E-state index in [2.05, 4.69) is 27.6 Å². The highest BCUT2D eigenvalue weighted by Crippen LogP contribution is 2.25. The Hall–Kier alpha value is -1.93. The average molecular weight is 280 g/mol. The van der Waals surface area contributed by atoms with Crippen molar-refractivity contribution in [3.8, 4) is 0 Å². The van der Waals surface area contributed by atoms with Gasteiger partial charge in [0.2, 0.25) is 5.82 Å². The second-order valence-electron chi connectivity index (χ2n) is 4.77. The molecule has 1 atom stereocenters. The van der Waals surface area contributed by atoms with Crippen molar-refractivity contribution in [2.24, 2.45) is 5.84 Å². The molecule has 0 spiro atoms. The van der Waals surface area contributed by atoms with Gasteiger partial charge in [0.05, 0.1) is 4.92 Å². The topological polar surface area (TPSA) is 109 Å². The lowest BCUT2D eigenvalue weighted by Gasteiger charge is -2.23. The molecule has 20 heavy (non-hydrogen) atoms. The van der Waals surface area contributed by atoms with Crippen molar-refractivity contribution in [3.63, 3.8) is 0 Å². The van der Waals surface area contributed by atoms with Gasteiger partial charge in [-0.1, -0.05) is 6.92 Å². The number of nitrogen functional groups attached to an aromatic ring is 1. The number of nitrogens with zero attached hydrogens (tertiary/aromatic N) is 3. The standard InChI is InChI=1S/C12H20N6O2/c1-2-17-7-3-4-9(17)8-14-12-10(18(19)20)5-6-11(15-12)16-13/h5-6,9H,2-4,7-8,13H2,1H3,(H2,14,15,16). The highest BCUT2D eigenvalue weighted by molar-refractivity contribution is 5.60. The van der Waals surface area contributed by atoms with Crippen LogP contribution in [0, 0.1) is 10.1 Å². The van der Waals surface area contributed by atoms with Crippen LogP contribution in [0.2, 0.25) is 0 Å². The van der Waals surface area contributed by atoms with Gasteiger partial charge in [0, 0.05) is 18.7 Å². The van der Waals surface area contributed by atoms with Gasteiger partial charge in [-0.2, -0.15) is 0 Å². The van der Waals surface area contributed by atoms with Crippen LogP contribution in [-0.4, -0.2) is 40.5 Å². The minimum atomic E-state index is -0.443. The van der Waals surface area contributed by atoms with Crippen molar-refractivity contribution in [2.45, 2.75) is 25.8 Å². The molecule has 0 aromatic carbocycles. The molecule has 1 unspecified atom stereocenters. The highest BCUT2D eigenvalue weighted by atomic mass is 16.6. The lowest BCUT2D eigenvalue weighted by molar-refractivity contribution is -0.384. The number of hydrazine groups is 1. The summed E-state index contributed by atoms with van der Waals surface area (Å²) in [6.45, 7) is 4.85. The zero-order chi connectivity index (χ0) is 14.5. The van der Waals surface area contributed by atoms with Crippen LogP contribution in [-0.2, 0) is 0 Å². The number of nitro groups is 1. The van der Waals surface area contributed by atoms with E-state index in [1.54, 1.807) is 0 Å². The highest BCUT2D eigenvalue weighted by Gasteiger charge is 2.24. The third kappa shape index (κ3) is 3.14. The number of rotatable bonds is 6. The van der Waals surface area contributed by atoms with Crippen molar-refractivity contribution in [1.29, 1.82) is 0 Å². The first-order valence-electron chi connectivity index (χ1n) is 6.75. The molecule has 0 bridgehead atoms. The Bertz CT molecular complexity index is 481. The second kappa shape index (κ2) is 6.49. The van der Waals surface area contributed by atoms with Crippen molar-refractivity contribution in [3.05, 3.63) is 22.2 Å². The molecule has 4 N–H and O–H groups in total. The Morgan fingerprint density at radius 3 is 3.05 bits per heavy atom. The van der Waals surface area contributed by atoms with Gasteiger partial charge in [0.1, 0.15) is 5.82 Å². The number of aromatic nitrogens is 1. The lowest BCUT2D eigenvalue weighted by atomic mass is 10.2. The molecule has 2 heterocycles. The number of nitrogens with two attached hydrogens (primary N) is 1. The van der Waals surface area contributed by atoms with E-state index in [0.29, 0.717) is 18.4 Å².